The lowest BCUT2D eigenvalue weighted by atomic mass is 9.89. The Morgan fingerprint density at radius 1 is 1.15 bits per heavy atom. The van der Waals surface area contributed by atoms with Crippen molar-refractivity contribution in [1.29, 1.82) is 0 Å². The molecule has 2 atom stereocenters. The van der Waals surface area contributed by atoms with E-state index in [0.717, 1.165) is 5.56 Å². The largest absolute Gasteiger partial charge is 0.481 e. The van der Waals surface area contributed by atoms with Gasteiger partial charge in [0.15, 0.2) is 0 Å². The van der Waals surface area contributed by atoms with Gasteiger partial charge in [-0.25, -0.2) is 0 Å². The van der Waals surface area contributed by atoms with Crippen molar-refractivity contribution < 1.29 is 19.6 Å². The molecule has 1 aliphatic heterocycles. The Hall–Kier alpha value is -3.22. The summed E-state index contributed by atoms with van der Waals surface area (Å²) in [6.45, 7) is 1.99. The summed E-state index contributed by atoms with van der Waals surface area (Å²) in [7, 11) is 0. The van der Waals surface area contributed by atoms with Crippen LogP contribution in [0.25, 0.3) is 0 Å². The Morgan fingerprint density at radius 3 is 2.42 bits per heavy atom. The van der Waals surface area contributed by atoms with Crippen LogP contribution in [0.3, 0.4) is 0 Å². The standard InChI is InChI=1S/C19H18N2O5/c1-12-9-14(7-8-17(12)21(25)26)18(22)20-10-15(16(11-20)19(23)24)13-5-3-2-4-6-13/h2-9,15-16H,10-11H2,1H3,(H,23,24). The van der Waals surface area contributed by atoms with Gasteiger partial charge in [0, 0.05) is 36.2 Å². The first-order chi connectivity index (χ1) is 12.4. The highest BCUT2D eigenvalue weighted by Crippen LogP contribution is 2.34. The zero-order valence-corrected chi connectivity index (χ0v) is 14.2. The molecule has 2 unspecified atom stereocenters. The lowest BCUT2D eigenvalue weighted by Gasteiger charge is -2.17. The van der Waals surface area contributed by atoms with Crippen LogP contribution in [-0.2, 0) is 4.79 Å². The number of hydrogen-bond acceptors (Lipinski definition) is 4. The molecule has 0 bridgehead atoms. The molecule has 3 rings (SSSR count). The van der Waals surface area contributed by atoms with Gasteiger partial charge in [0.05, 0.1) is 10.8 Å². The highest BCUT2D eigenvalue weighted by Gasteiger charge is 2.40. The Bertz CT molecular complexity index is 865. The molecule has 2 aromatic rings. The van der Waals surface area contributed by atoms with E-state index in [4.69, 9.17) is 0 Å². The van der Waals surface area contributed by atoms with E-state index in [9.17, 15) is 24.8 Å². The third kappa shape index (κ3) is 3.28. The molecule has 0 spiro atoms. The molecule has 7 nitrogen and oxygen atoms in total. The second-order valence-corrected chi connectivity index (χ2v) is 6.43. The molecule has 1 amide bonds. The number of likely N-dealkylation sites (tertiary alicyclic amines) is 1. The van der Waals surface area contributed by atoms with Crippen molar-refractivity contribution in [2.24, 2.45) is 5.92 Å². The first-order valence-corrected chi connectivity index (χ1v) is 8.20. The quantitative estimate of drug-likeness (QED) is 0.672. The van der Waals surface area contributed by atoms with Crippen LogP contribution in [0, 0.1) is 23.0 Å². The van der Waals surface area contributed by atoms with Gasteiger partial charge in [-0.2, -0.15) is 0 Å². The molecule has 134 valence electrons. The first kappa shape index (κ1) is 17.6. The fraction of sp³-hybridized carbons (Fsp3) is 0.263. The van der Waals surface area contributed by atoms with Gasteiger partial charge in [0.1, 0.15) is 0 Å². The topological polar surface area (TPSA) is 101 Å². The summed E-state index contributed by atoms with van der Waals surface area (Å²) in [6, 6.07) is 13.5. The second kappa shape index (κ2) is 6.95. The summed E-state index contributed by atoms with van der Waals surface area (Å²) < 4.78 is 0. The summed E-state index contributed by atoms with van der Waals surface area (Å²) in [5.74, 6) is -2.21. The fourth-order valence-corrected chi connectivity index (χ4v) is 3.43. The third-order valence-electron chi connectivity index (χ3n) is 4.79. The van der Waals surface area contributed by atoms with Crippen molar-refractivity contribution in [2.75, 3.05) is 13.1 Å². The number of carbonyl (C=O) groups is 2. The van der Waals surface area contributed by atoms with Gasteiger partial charge in [0.25, 0.3) is 11.6 Å². The van der Waals surface area contributed by atoms with Crippen molar-refractivity contribution in [2.45, 2.75) is 12.8 Å². The smallest absolute Gasteiger partial charge is 0.308 e. The molecule has 1 saturated heterocycles. The summed E-state index contributed by atoms with van der Waals surface area (Å²) in [4.78, 5) is 36.4. The van der Waals surface area contributed by atoms with E-state index < -0.39 is 16.8 Å². The molecule has 1 fully saturated rings. The van der Waals surface area contributed by atoms with Crippen LogP contribution in [0.1, 0.15) is 27.4 Å². The number of nitro groups is 1. The van der Waals surface area contributed by atoms with E-state index in [1.165, 1.54) is 23.1 Å². The van der Waals surface area contributed by atoms with Crippen molar-refractivity contribution in [1.82, 2.24) is 4.90 Å². The molecule has 0 aliphatic carbocycles. The van der Waals surface area contributed by atoms with Gasteiger partial charge < -0.3 is 10.0 Å². The van der Waals surface area contributed by atoms with Crippen molar-refractivity contribution in [3.05, 3.63) is 75.3 Å². The summed E-state index contributed by atoms with van der Waals surface area (Å²) in [5.41, 5.74) is 1.56. The van der Waals surface area contributed by atoms with Crippen LogP contribution >= 0.6 is 0 Å². The third-order valence-corrected chi connectivity index (χ3v) is 4.79. The summed E-state index contributed by atoms with van der Waals surface area (Å²) >= 11 is 0. The van der Waals surface area contributed by atoms with E-state index in [1.807, 2.05) is 30.3 Å². The molecule has 1 heterocycles. The maximum absolute atomic E-state index is 12.8. The predicted molar refractivity (Wildman–Crippen MR) is 94.0 cm³/mol. The van der Waals surface area contributed by atoms with Gasteiger partial charge in [-0.3, -0.25) is 19.7 Å². The van der Waals surface area contributed by atoms with Crippen molar-refractivity contribution >= 4 is 17.6 Å². The zero-order chi connectivity index (χ0) is 18.8. The van der Waals surface area contributed by atoms with Crippen molar-refractivity contribution in [3.63, 3.8) is 0 Å². The number of carboxylic acid groups (broad SMARTS) is 1. The van der Waals surface area contributed by atoms with Crippen molar-refractivity contribution in [3.8, 4) is 0 Å². The summed E-state index contributed by atoms with van der Waals surface area (Å²) in [5, 5.41) is 20.5. The van der Waals surface area contributed by atoms with Crippen LogP contribution in [0.2, 0.25) is 0 Å². The van der Waals surface area contributed by atoms with Gasteiger partial charge >= 0.3 is 5.97 Å². The molecule has 7 heteroatoms. The molecule has 0 radical (unpaired) electrons. The van der Waals surface area contributed by atoms with Gasteiger partial charge in [-0.15, -0.1) is 0 Å². The van der Waals surface area contributed by atoms with E-state index in [1.54, 1.807) is 6.92 Å². The molecule has 0 aromatic heterocycles. The van der Waals surface area contributed by atoms with Crippen LogP contribution in [0.5, 0.6) is 0 Å². The van der Waals surface area contributed by atoms with Crippen LogP contribution in [-0.4, -0.2) is 39.9 Å². The lowest BCUT2D eigenvalue weighted by Crippen LogP contribution is -2.30. The van der Waals surface area contributed by atoms with E-state index >= 15 is 0 Å². The number of carboxylic acids is 1. The maximum atomic E-state index is 12.8. The Labute approximate surface area is 150 Å². The molecular formula is C19H18N2O5. The zero-order valence-electron chi connectivity index (χ0n) is 14.2. The molecule has 26 heavy (non-hydrogen) atoms. The fourth-order valence-electron chi connectivity index (χ4n) is 3.43. The number of rotatable bonds is 4. The SMILES string of the molecule is Cc1cc(C(=O)N2CC(C(=O)O)C(c3ccccc3)C2)ccc1[N+](=O)[O-]. The Kier molecular flexibility index (Phi) is 4.71. The van der Waals surface area contributed by atoms with Crippen LogP contribution < -0.4 is 0 Å². The highest BCUT2D eigenvalue weighted by molar-refractivity contribution is 5.95. The van der Waals surface area contributed by atoms with E-state index in [-0.39, 0.29) is 24.1 Å². The van der Waals surface area contributed by atoms with Crippen LogP contribution in [0.15, 0.2) is 48.5 Å². The number of aliphatic carboxylic acids is 1. The van der Waals surface area contributed by atoms with Gasteiger partial charge in [-0.1, -0.05) is 30.3 Å². The predicted octanol–water partition coefficient (Wildman–Crippen LogP) is 2.84. The number of nitro benzene ring substituents is 1. The average Bonchev–Trinajstić information content (AvgIpc) is 3.07. The van der Waals surface area contributed by atoms with Gasteiger partial charge in [0.2, 0.25) is 0 Å². The number of carbonyl (C=O) groups excluding carboxylic acids is 1. The number of aryl methyl sites for hydroxylation is 1. The normalized spacial score (nSPS) is 19.3. The number of amides is 1. The minimum absolute atomic E-state index is 0.0476. The minimum atomic E-state index is -0.936. The monoisotopic (exact) mass is 354 g/mol. The lowest BCUT2D eigenvalue weighted by molar-refractivity contribution is -0.385. The first-order valence-electron chi connectivity index (χ1n) is 8.20. The highest BCUT2D eigenvalue weighted by atomic mass is 16.6. The average molecular weight is 354 g/mol. The molecule has 1 aliphatic rings. The number of nitrogens with zero attached hydrogens (tertiary/aromatic N) is 2. The second-order valence-electron chi connectivity index (χ2n) is 6.43. The minimum Gasteiger partial charge on any atom is -0.481 e. The molecule has 1 N–H and O–H groups in total. The van der Waals surface area contributed by atoms with E-state index in [2.05, 4.69) is 0 Å². The maximum Gasteiger partial charge on any atom is 0.308 e. The molecule has 2 aromatic carbocycles. The molecular weight excluding hydrogens is 336 g/mol. The number of benzene rings is 2. The van der Waals surface area contributed by atoms with Crippen LogP contribution in [0.4, 0.5) is 5.69 Å². The molecule has 0 saturated carbocycles. The van der Waals surface area contributed by atoms with Gasteiger partial charge in [-0.05, 0) is 24.6 Å². The van der Waals surface area contributed by atoms with E-state index in [0.29, 0.717) is 17.7 Å². The Morgan fingerprint density at radius 2 is 1.85 bits per heavy atom. The summed E-state index contributed by atoms with van der Waals surface area (Å²) in [6.07, 6.45) is 0. The number of hydrogen-bond donors (Lipinski definition) is 1. The Balaban J connectivity index is 1.86.